The molecule has 0 unspecified atom stereocenters. The first-order chi connectivity index (χ1) is 9.15. The molecule has 0 fully saturated rings. The Bertz CT molecular complexity index is 696. The summed E-state index contributed by atoms with van der Waals surface area (Å²) in [4.78, 5) is 3.43. The average molecular weight is 336 g/mol. The molecule has 0 bridgehead atoms. The molecule has 0 saturated carbocycles. The molecule has 98 valence electrons. The van der Waals surface area contributed by atoms with E-state index in [0.717, 1.165) is 15.9 Å². The minimum atomic E-state index is 0.894. The Kier molecular flexibility index (Phi) is 3.41. The number of thioether (sulfide) groups is 1. The maximum absolute atomic E-state index is 4.41. The van der Waals surface area contributed by atoms with E-state index in [9.17, 15) is 0 Å². The Morgan fingerprint density at radius 2 is 2.16 bits per heavy atom. The average Bonchev–Trinajstić information content (AvgIpc) is 2.90. The van der Waals surface area contributed by atoms with Crippen molar-refractivity contribution in [2.75, 3.05) is 0 Å². The van der Waals surface area contributed by atoms with Gasteiger partial charge in [-0.1, -0.05) is 18.2 Å². The Balaban J connectivity index is 1.82. The fraction of sp³-hybridized carbons (Fsp3) is 0.214. The first-order valence-corrected chi connectivity index (χ1v) is 7.81. The number of para-hydroxylation sites is 1. The third-order valence-corrected chi connectivity index (χ3v) is 5.11. The maximum atomic E-state index is 4.41. The number of hydrogen-bond donors (Lipinski definition) is 1. The molecular formula is C14H14BrN3S. The van der Waals surface area contributed by atoms with E-state index in [1.165, 1.54) is 21.6 Å². The molecule has 19 heavy (non-hydrogen) atoms. The quantitative estimate of drug-likeness (QED) is 0.725. The van der Waals surface area contributed by atoms with Gasteiger partial charge in [-0.3, -0.25) is 4.68 Å². The highest BCUT2D eigenvalue weighted by molar-refractivity contribution is 9.10. The van der Waals surface area contributed by atoms with Crippen LogP contribution in [0.4, 0.5) is 0 Å². The summed E-state index contributed by atoms with van der Waals surface area (Å²) in [6.45, 7) is 2.02. The van der Waals surface area contributed by atoms with Gasteiger partial charge in [0.2, 0.25) is 0 Å². The number of nitrogens with one attached hydrogen (secondary N) is 1. The van der Waals surface area contributed by atoms with Gasteiger partial charge in [0.15, 0.2) is 0 Å². The lowest BCUT2D eigenvalue weighted by Gasteiger charge is -2.01. The van der Waals surface area contributed by atoms with Crippen LogP contribution in [0.25, 0.3) is 10.9 Å². The highest BCUT2D eigenvalue weighted by Crippen LogP contribution is 2.29. The molecule has 5 heteroatoms. The number of rotatable bonds is 3. The Labute approximate surface area is 124 Å². The summed E-state index contributed by atoms with van der Waals surface area (Å²) >= 11 is 5.40. The van der Waals surface area contributed by atoms with Crippen molar-refractivity contribution < 1.29 is 0 Å². The van der Waals surface area contributed by atoms with Crippen LogP contribution in [-0.4, -0.2) is 14.8 Å². The molecule has 0 atom stereocenters. The van der Waals surface area contributed by atoms with Gasteiger partial charge in [-0.15, -0.1) is 11.8 Å². The van der Waals surface area contributed by atoms with Gasteiger partial charge in [0.1, 0.15) is 0 Å². The molecule has 2 aromatic heterocycles. The highest BCUT2D eigenvalue weighted by Gasteiger charge is 2.11. The molecular weight excluding hydrogens is 322 g/mol. The summed E-state index contributed by atoms with van der Waals surface area (Å²) in [5, 5.41) is 6.85. The molecule has 0 radical (unpaired) electrons. The van der Waals surface area contributed by atoms with Crippen molar-refractivity contribution in [1.29, 1.82) is 0 Å². The lowest BCUT2D eigenvalue weighted by molar-refractivity contribution is 0.727. The molecule has 3 rings (SSSR count). The highest BCUT2D eigenvalue weighted by atomic mass is 79.9. The Hall–Kier alpha value is -1.20. The SMILES string of the molecule is Cc1nn(C)c(CSc2cc3ccccc3[nH]2)c1Br. The molecule has 0 spiro atoms. The standard InChI is InChI=1S/C14H14BrN3S/c1-9-14(15)12(18(2)17-9)8-19-13-7-10-5-3-4-6-11(10)16-13/h3-7,16H,8H2,1-2H3. The fourth-order valence-corrected chi connectivity index (χ4v) is 3.79. The fourth-order valence-electron chi connectivity index (χ4n) is 2.11. The van der Waals surface area contributed by atoms with E-state index in [4.69, 9.17) is 0 Å². The van der Waals surface area contributed by atoms with E-state index in [0.29, 0.717) is 0 Å². The number of fused-ring (bicyclic) bond motifs is 1. The predicted octanol–water partition coefficient (Wildman–Crippen LogP) is 4.26. The number of aromatic amines is 1. The minimum Gasteiger partial charge on any atom is -0.350 e. The van der Waals surface area contributed by atoms with Crippen molar-refractivity contribution in [2.24, 2.45) is 7.05 Å². The summed E-state index contributed by atoms with van der Waals surface area (Å²) in [6.07, 6.45) is 0. The number of aromatic nitrogens is 3. The van der Waals surface area contributed by atoms with Gasteiger partial charge in [0.05, 0.1) is 20.9 Å². The molecule has 0 aliphatic carbocycles. The largest absolute Gasteiger partial charge is 0.350 e. The van der Waals surface area contributed by atoms with Crippen LogP contribution < -0.4 is 0 Å². The second-order valence-corrected chi connectivity index (χ2v) is 6.29. The van der Waals surface area contributed by atoms with Crippen LogP contribution in [0.5, 0.6) is 0 Å². The maximum Gasteiger partial charge on any atom is 0.0738 e. The number of aryl methyl sites for hydroxylation is 2. The first-order valence-electron chi connectivity index (χ1n) is 6.03. The normalized spacial score (nSPS) is 11.3. The van der Waals surface area contributed by atoms with E-state index in [1.807, 2.05) is 24.7 Å². The first kappa shape index (κ1) is 12.8. The van der Waals surface area contributed by atoms with Crippen LogP contribution in [-0.2, 0) is 12.8 Å². The van der Waals surface area contributed by atoms with Crippen LogP contribution in [0, 0.1) is 6.92 Å². The lowest BCUT2D eigenvalue weighted by atomic mass is 10.3. The number of H-pyrrole nitrogens is 1. The predicted molar refractivity (Wildman–Crippen MR) is 83.5 cm³/mol. The van der Waals surface area contributed by atoms with Gasteiger partial charge >= 0.3 is 0 Å². The molecule has 0 amide bonds. The summed E-state index contributed by atoms with van der Waals surface area (Å²) < 4.78 is 3.05. The van der Waals surface area contributed by atoms with Crippen LogP contribution >= 0.6 is 27.7 Å². The van der Waals surface area contributed by atoms with Gasteiger partial charge < -0.3 is 4.98 Å². The summed E-state index contributed by atoms with van der Waals surface area (Å²) in [5.74, 6) is 0.894. The zero-order valence-corrected chi connectivity index (χ0v) is 13.2. The van der Waals surface area contributed by atoms with Crippen molar-refractivity contribution in [3.05, 3.63) is 46.2 Å². The van der Waals surface area contributed by atoms with Gasteiger partial charge in [0.25, 0.3) is 0 Å². The van der Waals surface area contributed by atoms with Crippen molar-refractivity contribution in [3.8, 4) is 0 Å². The Morgan fingerprint density at radius 3 is 2.84 bits per heavy atom. The number of nitrogens with zero attached hydrogens (tertiary/aromatic N) is 2. The van der Waals surface area contributed by atoms with E-state index in [-0.39, 0.29) is 0 Å². The molecule has 0 saturated heterocycles. The van der Waals surface area contributed by atoms with Crippen molar-refractivity contribution in [1.82, 2.24) is 14.8 Å². The van der Waals surface area contributed by atoms with Gasteiger partial charge in [0, 0.05) is 23.7 Å². The third kappa shape index (κ3) is 2.44. The molecule has 3 aromatic rings. The van der Waals surface area contributed by atoms with Crippen LogP contribution in [0.15, 0.2) is 39.8 Å². The molecule has 1 N–H and O–H groups in total. The molecule has 0 aliphatic heterocycles. The van der Waals surface area contributed by atoms with Gasteiger partial charge in [-0.05, 0) is 35.0 Å². The summed E-state index contributed by atoms with van der Waals surface area (Å²) in [6, 6.07) is 10.5. The lowest BCUT2D eigenvalue weighted by Crippen LogP contribution is -1.96. The minimum absolute atomic E-state index is 0.894. The number of halogens is 1. The van der Waals surface area contributed by atoms with E-state index < -0.39 is 0 Å². The van der Waals surface area contributed by atoms with Crippen LogP contribution in [0.2, 0.25) is 0 Å². The topological polar surface area (TPSA) is 33.6 Å². The second kappa shape index (κ2) is 5.06. The summed E-state index contributed by atoms with van der Waals surface area (Å²) in [7, 11) is 1.98. The second-order valence-electron chi connectivity index (χ2n) is 4.48. The van der Waals surface area contributed by atoms with Crippen LogP contribution in [0.3, 0.4) is 0 Å². The molecule has 0 aliphatic rings. The number of hydrogen-bond acceptors (Lipinski definition) is 2. The van der Waals surface area contributed by atoms with E-state index >= 15 is 0 Å². The van der Waals surface area contributed by atoms with Crippen LogP contribution in [0.1, 0.15) is 11.4 Å². The molecule has 2 heterocycles. The van der Waals surface area contributed by atoms with Gasteiger partial charge in [-0.2, -0.15) is 5.10 Å². The van der Waals surface area contributed by atoms with E-state index in [1.54, 1.807) is 11.8 Å². The van der Waals surface area contributed by atoms with Gasteiger partial charge in [-0.25, -0.2) is 0 Å². The molecule has 3 nitrogen and oxygen atoms in total. The van der Waals surface area contributed by atoms with Crippen molar-refractivity contribution in [2.45, 2.75) is 17.7 Å². The number of benzene rings is 1. The van der Waals surface area contributed by atoms with E-state index in [2.05, 4.69) is 50.3 Å². The Morgan fingerprint density at radius 1 is 1.37 bits per heavy atom. The summed E-state index contributed by atoms with van der Waals surface area (Å²) in [5.41, 5.74) is 3.43. The third-order valence-electron chi connectivity index (χ3n) is 3.13. The zero-order chi connectivity index (χ0) is 13.4. The van der Waals surface area contributed by atoms with Crippen molar-refractivity contribution >= 4 is 38.6 Å². The smallest absolute Gasteiger partial charge is 0.0738 e. The van der Waals surface area contributed by atoms with Crippen molar-refractivity contribution in [3.63, 3.8) is 0 Å². The molecule has 1 aromatic carbocycles. The zero-order valence-electron chi connectivity index (χ0n) is 10.8. The monoisotopic (exact) mass is 335 g/mol.